The Balaban J connectivity index is 0.00000281. The van der Waals surface area contributed by atoms with Crippen LogP contribution in [0.2, 0.25) is 0 Å². The van der Waals surface area contributed by atoms with E-state index in [1.165, 1.54) is 13.8 Å². The Bertz CT molecular complexity index is 1310. The molecule has 0 aliphatic carbocycles. The smallest absolute Gasteiger partial charge is 0.373 e. The molecule has 0 saturated carbocycles. The molecule has 0 aromatic heterocycles. The van der Waals surface area contributed by atoms with Gasteiger partial charge in [-0.25, -0.2) is 0 Å². The molecule has 4 aliphatic heterocycles. The Kier molecular flexibility index (Phi) is 19.1. The molecule has 4 aliphatic rings. The van der Waals surface area contributed by atoms with Gasteiger partial charge < -0.3 is 99.5 Å². The van der Waals surface area contributed by atoms with E-state index < -0.39 is 154 Å². The predicted molar refractivity (Wildman–Crippen MR) is 181 cm³/mol. The maximum Gasteiger partial charge on any atom is 0.373 e. The van der Waals surface area contributed by atoms with Crippen LogP contribution in [0.3, 0.4) is 0 Å². The van der Waals surface area contributed by atoms with Crippen molar-refractivity contribution in [2.24, 2.45) is 11.1 Å². The fraction of sp³-hybridized carbons (Fsp3) is 0.909. The van der Waals surface area contributed by atoms with E-state index in [4.69, 9.17) is 47.6 Å². The molecule has 24 heteroatoms. The lowest BCUT2D eigenvalue weighted by Gasteiger charge is -2.50. The number of carbonyl (C=O) groups excluding carboxylic acids is 3. The summed E-state index contributed by atoms with van der Waals surface area (Å²) in [7, 11) is 0. The molecule has 9 unspecified atom stereocenters. The number of ether oxygens (including phenoxy) is 7. The molecule has 0 aromatic carbocycles. The van der Waals surface area contributed by atoms with Crippen molar-refractivity contribution in [2.75, 3.05) is 19.8 Å². The van der Waals surface area contributed by atoms with E-state index in [1.807, 2.05) is 0 Å². The van der Waals surface area contributed by atoms with E-state index in [0.29, 0.717) is 5.71 Å². The van der Waals surface area contributed by atoms with Crippen molar-refractivity contribution in [3.63, 3.8) is 0 Å². The summed E-state index contributed by atoms with van der Waals surface area (Å²) in [4.78, 5) is 34.3. The minimum Gasteiger partial charge on any atom is -0.394 e. The molecule has 0 bridgehead atoms. The molecule has 21 atom stereocenters. The van der Waals surface area contributed by atoms with Crippen LogP contribution >= 0.6 is 0 Å². The van der Waals surface area contributed by atoms with Gasteiger partial charge in [-0.3, -0.25) is 4.79 Å². The first kappa shape index (κ1) is 49.0. The summed E-state index contributed by atoms with van der Waals surface area (Å²) in [5, 5.41) is 122. The lowest BCUT2D eigenvalue weighted by Crippen LogP contribution is -2.70. The van der Waals surface area contributed by atoms with Gasteiger partial charge in [-0.1, -0.05) is 12.1 Å². The highest BCUT2D eigenvalue weighted by Gasteiger charge is 2.56. The molecule has 0 radical (unpaired) electrons. The van der Waals surface area contributed by atoms with Crippen LogP contribution in [-0.4, -0.2) is 217 Å². The van der Waals surface area contributed by atoms with Crippen LogP contribution in [0.15, 0.2) is 5.16 Å². The molecule has 4 saturated heterocycles. The van der Waals surface area contributed by atoms with Crippen LogP contribution in [0, 0.1) is 5.92 Å². The van der Waals surface area contributed by atoms with Crippen LogP contribution in [0.5, 0.6) is 0 Å². The van der Waals surface area contributed by atoms with Crippen LogP contribution < -0.4 is 5.32 Å². The fourth-order valence-electron chi connectivity index (χ4n) is 6.74. The first-order valence-corrected chi connectivity index (χ1v) is 18.1. The number of carbonyl (C=O) groups is 1. The highest BCUT2D eigenvalue weighted by atomic mass is 16.8. The van der Waals surface area contributed by atoms with Gasteiger partial charge in [-0.05, 0) is 20.8 Å². The number of oxime groups is 1. The fourth-order valence-corrected chi connectivity index (χ4v) is 6.74. The molecule has 0 spiro atoms. The Morgan fingerprint density at radius 3 is 1.89 bits per heavy atom. The van der Waals surface area contributed by atoms with Gasteiger partial charge in [0.15, 0.2) is 18.9 Å². The zero-order chi connectivity index (χ0) is 42.9. The Hall–Kier alpha value is -2.40. The highest BCUT2D eigenvalue weighted by Crippen LogP contribution is 2.36. The topological polar surface area (TPSA) is 372 Å². The lowest BCUT2D eigenvalue weighted by atomic mass is 9.87. The Labute approximate surface area is 326 Å². The number of nitrogens with one attached hydrogen (secondary N) is 1. The van der Waals surface area contributed by atoms with Gasteiger partial charge >= 0.3 is 6.15 Å². The van der Waals surface area contributed by atoms with Crippen LogP contribution in [-0.2, 0) is 52.4 Å². The van der Waals surface area contributed by atoms with Crippen molar-refractivity contribution in [1.29, 1.82) is 0 Å². The van der Waals surface area contributed by atoms with Gasteiger partial charge in [0.05, 0.1) is 43.8 Å². The van der Waals surface area contributed by atoms with Crippen LogP contribution in [0.1, 0.15) is 41.0 Å². The minimum atomic E-state index is -1.94. The second kappa shape index (κ2) is 22.3. The third-order valence-electron chi connectivity index (χ3n) is 9.84. The van der Waals surface area contributed by atoms with Crippen molar-refractivity contribution >= 4 is 17.8 Å². The van der Waals surface area contributed by atoms with Gasteiger partial charge in [-0.2, -0.15) is 9.59 Å². The van der Waals surface area contributed by atoms with Gasteiger partial charge in [0, 0.05) is 19.3 Å². The highest BCUT2D eigenvalue weighted by molar-refractivity contribution is 5.78. The first-order chi connectivity index (χ1) is 26.8. The average molecular weight is 833 g/mol. The summed E-state index contributed by atoms with van der Waals surface area (Å²) in [6.45, 7) is 4.83. The van der Waals surface area contributed by atoms with E-state index >= 15 is 0 Å². The quantitative estimate of drug-likeness (QED) is 0.0572. The Morgan fingerprint density at radius 2 is 1.33 bits per heavy atom. The van der Waals surface area contributed by atoms with E-state index in [9.17, 15) is 61.0 Å². The maximum atomic E-state index is 12.5. The number of hydrogen-bond donors (Lipinski definition) is 12. The zero-order valence-corrected chi connectivity index (χ0v) is 31.8. The molecule has 330 valence electrons. The Morgan fingerprint density at radius 1 is 0.754 bits per heavy atom. The molecular formula is C33H56N2O22. The molecule has 4 heterocycles. The molecule has 0 aromatic rings. The van der Waals surface area contributed by atoms with E-state index in [1.54, 1.807) is 13.8 Å². The number of aliphatic hydroxyl groups excluding tert-OH is 11. The third kappa shape index (κ3) is 12.1. The van der Waals surface area contributed by atoms with Crippen LogP contribution in [0.4, 0.5) is 0 Å². The molecule has 57 heavy (non-hydrogen) atoms. The monoisotopic (exact) mass is 832 g/mol. The largest absolute Gasteiger partial charge is 0.394 e. The molecule has 24 nitrogen and oxygen atoms in total. The third-order valence-corrected chi connectivity index (χ3v) is 9.84. The molecule has 12 N–H and O–H groups in total. The number of amides is 1. The number of aliphatic hydroxyl groups is 11. The SMILES string of the molecule is CC(=O)NC1[C@H](ON=C(C)C)OC(CO)[C@@H](O[C@@H]2OC(CO)[C@H](O)[C@H](O[C@@H]3CC(O)[C@@H](C)C([C@H](O)[C@H](O)CO)O3)C2O)[C@@H]1OC1OC(C)[C@@H](O)C(O)[C@@H]1O.O=C=O. The number of rotatable bonds is 14. The normalized spacial score (nSPS) is 43.3. The van der Waals surface area contributed by atoms with Gasteiger partial charge in [-0.15, -0.1) is 0 Å². The van der Waals surface area contributed by atoms with Crippen molar-refractivity contribution in [3.8, 4) is 0 Å². The van der Waals surface area contributed by atoms with Gasteiger partial charge in [0.1, 0.15) is 79.3 Å². The second-order valence-electron chi connectivity index (χ2n) is 14.3. The predicted octanol–water partition coefficient (Wildman–Crippen LogP) is -6.71. The molecule has 4 rings (SSSR count). The summed E-state index contributed by atoms with van der Waals surface area (Å²) in [5.74, 6) is -1.39. The summed E-state index contributed by atoms with van der Waals surface area (Å²) in [6, 6.07) is -1.38. The summed E-state index contributed by atoms with van der Waals surface area (Å²) < 4.78 is 41.3. The van der Waals surface area contributed by atoms with E-state index in [-0.39, 0.29) is 12.6 Å². The van der Waals surface area contributed by atoms with Crippen LogP contribution in [0.25, 0.3) is 0 Å². The van der Waals surface area contributed by atoms with Crippen molar-refractivity contribution < 1.29 is 109 Å². The van der Waals surface area contributed by atoms with Gasteiger partial charge in [0.25, 0.3) is 0 Å². The van der Waals surface area contributed by atoms with Crippen molar-refractivity contribution in [1.82, 2.24) is 5.32 Å². The van der Waals surface area contributed by atoms with Crippen molar-refractivity contribution in [3.05, 3.63) is 0 Å². The summed E-state index contributed by atoms with van der Waals surface area (Å²) >= 11 is 0. The average Bonchev–Trinajstić information content (AvgIpc) is 3.16. The van der Waals surface area contributed by atoms with Gasteiger partial charge in [0.2, 0.25) is 12.2 Å². The van der Waals surface area contributed by atoms with Crippen molar-refractivity contribution in [2.45, 2.75) is 164 Å². The summed E-state index contributed by atoms with van der Waals surface area (Å²) in [5.41, 5.74) is 0.432. The standard InChI is InChI=1S/C32H56N2O20.CO2/c1-10(2)34-54-30-19(33-13(5)38)28(53-31-24(45)23(44)20(41)12(4)47-31)27(17(9-37)49-30)52-32-25(46)29(22(43)16(8-36)48-32)51-18-6-14(39)11(3)26(50-18)21(42)15(40)7-35;2-1-3/h11-12,14-32,35-37,39-46H,6-9H2,1-5H3,(H,33,38);/t11-,12?,14?,15-,16?,17?,18-,19?,20-,21-,22+,23?,24+,25?,26?,27-,28-,29+,30+,31?,32+;/m1./s1. The number of hydrogen-bond acceptors (Lipinski definition) is 23. The molecular weight excluding hydrogens is 776 g/mol. The maximum absolute atomic E-state index is 12.5. The lowest BCUT2D eigenvalue weighted by molar-refractivity contribution is -0.382. The van der Waals surface area contributed by atoms with E-state index in [2.05, 4.69) is 10.5 Å². The first-order valence-electron chi connectivity index (χ1n) is 18.1. The number of nitrogens with zero attached hydrogens (tertiary/aromatic N) is 1. The molecule has 4 fully saturated rings. The molecule has 1 amide bonds. The second-order valence-corrected chi connectivity index (χ2v) is 14.3. The minimum absolute atomic E-state index is 0.229. The summed E-state index contributed by atoms with van der Waals surface area (Å²) in [6.07, 6.45) is -29.8. The zero-order valence-electron chi connectivity index (χ0n) is 31.8. The van der Waals surface area contributed by atoms with E-state index in [0.717, 1.165) is 6.92 Å².